The fourth-order valence-corrected chi connectivity index (χ4v) is 2.52. The summed E-state index contributed by atoms with van der Waals surface area (Å²) in [5.74, 6) is 2.87. The van der Waals surface area contributed by atoms with Gasteiger partial charge in [0.05, 0.1) is 0 Å². The summed E-state index contributed by atoms with van der Waals surface area (Å²) in [7, 11) is 0. The van der Waals surface area contributed by atoms with Gasteiger partial charge in [-0.2, -0.15) is 0 Å². The Bertz CT molecular complexity index is 222. The lowest BCUT2D eigenvalue weighted by Gasteiger charge is -2.16. The van der Waals surface area contributed by atoms with Crippen molar-refractivity contribution in [2.45, 2.75) is 44.9 Å². The fourth-order valence-electron chi connectivity index (χ4n) is 2.52. The van der Waals surface area contributed by atoms with Crippen LogP contribution in [0.5, 0.6) is 0 Å². The second kappa shape index (κ2) is 5.67. The van der Waals surface area contributed by atoms with Crippen molar-refractivity contribution in [3.8, 4) is 0 Å². The van der Waals surface area contributed by atoms with E-state index in [4.69, 9.17) is 5.73 Å². The van der Waals surface area contributed by atoms with E-state index in [1.165, 1.54) is 25.7 Å². The lowest BCUT2D eigenvalue weighted by Crippen LogP contribution is -2.31. The molecule has 2 rings (SSSR count). The smallest absolute Gasteiger partial charge is 0.220 e. The molecule has 2 aliphatic rings. The quantitative estimate of drug-likeness (QED) is 0.616. The molecule has 0 atom stereocenters. The van der Waals surface area contributed by atoms with E-state index in [1.54, 1.807) is 0 Å². The minimum Gasteiger partial charge on any atom is -0.356 e. The van der Waals surface area contributed by atoms with Crippen LogP contribution in [-0.2, 0) is 4.79 Å². The van der Waals surface area contributed by atoms with Gasteiger partial charge in [-0.1, -0.05) is 0 Å². The molecule has 1 amide bonds. The molecule has 3 N–H and O–H groups in total. The topological polar surface area (TPSA) is 55.1 Å². The van der Waals surface area contributed by atoms with E-state index in [9.17, 15) is 4.79 Å². The van der Waals surface area contributed by atoms with Gasteiger partial charge in [-0.25, -0.2) is 0 Å². The molecule has 0 unspecified atom stereocenters. The van der Waals surface area contributed by atoms with Gasteiger partial charge in [0, 0.05) is 13.0 Å². The predicted octanol–water partition coefficient (Wildman–Crippen LogP) is 1.67. The number of hydrogen-bond donors (Lipinski definition) is 2. The van der Waals surface area contributed by atoms with Gasteiger partial charge >= 0.3 is 0 Å². The fraction of sp³-hybridized carbons (Fsp3) is 0.923. The zero-order valence-corrected chi connectivity index (χ0v) is 10.1. The highest BCUT2D eigenvalue weighted by molar-refractivity contribution is 5.75. The van der Waals surface area contributed by atoms with E-state index in [0.717, 1.165) is 37.1 Å². The molecule has 0 radical (unpaired) electrons. The molecule has 0 aromatic heterocycles. The van der Waals surface area contributed by atoms with Crippen LogP contribution in [0, 0.1) is 17.8 Å². The van der Waals surface area contributed by atoms with Crippen LogP contribution in [0.25, 0.3) is 0 Å². The molecule has 0 spiro atoms. The predicted molar refractivity (Wildman–Crippen MR) is 64.9 cm³/mol. The van der Waals surface area contributed by atoms with Crippen molar-refractivity contribution in [1.82, 2.24) is 5.32 Å². The summed E-state index contributed by atoms with van der Waals surface area (Å²) in [6, 6.07) is 0. The number of nitrogens with two attached hydrogens (primary N) is 1. The van der Waals surface area contributed by atoms with Crippen LogP contribution in [0.2, 0.25) is 0 Å². The maximum absolute atomic E-state index is 11.6. The molecule has 16 heavy (non-hydrogen) atoms. The molecule has 0 bridgehead atoms. The molecule has 2 fully saturated rings. The van der Waals surface area contributed by atoms with Gasteiger partial charge in [0.1, 0.15) is 0 Å². The Morgan fingerprint density at radius 1 is 1.19 bits per heavy atom. The second-order valence-corrected chi connectivity index (χ2v) is 5.39. The van der Waals surface area contributed by atoms with Gasteiger partial charge in [-0.05, 0) is 62.8 Å². The lowest BCUT2D eigenvalue weighted by atomic mass is 9.98. The molecule has 3 heteroatoms. The summed E-state index contributed by atoms with van der Waals surface area (Å²) in [5.41, 5.74) is 5.40. The summed E-state index contributed by atoms with van der Waals surface area (Å²) >= 11 is 0. The van der Waals surface area contributed by atoms with Crippen molar-refractivity contribution in [3.63, 3.8) is 0 Å². The van der Waals surface area contributed by atoms with E-state index in [2.05, 4.69) is 5.32 Å². The van der Waals surface area contributed by atoms with Crippen molar-refractivity contribution in [2.24, 2.45) is 23.5 Å². The molecule has 0 aromatic carbocycles. The Hall–Kier alpha value is -0.570. The molecule has 0 heterocycles. The lowest BCUT2D eigenvalue weighted by molar-refractivity contribution is -0.121. The number of hydrogen-bond acceptors (Lipinski definition) is 2. The normalized spacial score (nSPS) is 20.1. The molecule has 0 aromatic rings. The first kappa shape index (κ1) is 11.9. The van der Waals surface area contributed by atoms with Crippen LogP contribution in [-0.4, -0.2) is 19.0 Å². The van der Waals surface area contributed by atoms with Crippen molar-refractivity contribution < 1.29 is 4.79 Å². The van der Waals surface area contributed by atoms with Crippen LogP contribution < -0.4 is 11.1 Å². The maximum Gasteiger partial charge on any atom is 0.220 e. The highest BCUT2D eigenvalue weighted by atomic mass is 16.1. The Labute approximate surface area is 98.2 Å². The number of rotatable bonds is 8. The van der Waals surface area contributed by atoms with Crippen molar-refractivity contribution in [1.29, 1.82) is 0 Å². The maximum atomic E-state index is 11.6. The summed E-state index contributed by atoms with van der Waals surface area (Å²) in [4.78, 5) is 11.6. The van der Waals surface area contributed by atoms with Crippen LogP contribution in [0.15, 0.2) is 0 Å². The van der Waals surface area contributed by atoms with Crippen LogP contribution in [0.4, 0.5) is 0 Å². The van der Waals surface area contributed by atoms with Crippen LogP contribution in [0.1, 0.15) is 44.9 Å². The van der Waals surface area contributed by atoms with Crippen molar-refractivity contribution in [2.75, 3.05) is 13.1 Å². The number of nitrogens with one attached hydrogen (secondary N) is 1. The first-order valence-electron chi connectivity index (χ1n) is 6.78. The number of amides is 1. The average molecular weight is 224 g/mol. The SMILES string of the molecule is NCCCCC(=O)NCC(C1CC1)C1CC1. The minimum atomic E-state index is 0.222. The van der Waals surface area contributed by atoms with Crippen LogP contribution in [0.3, 0.4) is 0 Å². The molecule has 0 saturated heterocycles. The Balaban J connectivity index is 1.59. The highest BCUT2D eigenvalue weighted by Gasteiger charge is 2.41. The minimum absolute atomic E-state index is 0.222. The number of carbonyl (C=O) groups is 1. The molecule has 2 saturated carbocycles. The highest BCUT2D eigenvalue weighted by Crippen LogP contribution is 2.48. The van der Waals surface area contributed by atoms with Crippen molar-refractivity contribution >= 4 is 5.91 Å². The van der Waals surface area contributed by atoms with Gasteiger partial charge in [-0.15, -0.1) is 0 Å². The van der Waals surface area contributed by atoms with Gasteiger partial charge in [0.25, 0.3) is 0 Å². The summed E-state index contributed by atoms with van der Waals surface area (Å²) in [6.45, 7) is 1.62. The molecule has 3 nitrogen and oxygen atoms in total. The van der Waals surface area contributed by atoms with E-state index < -0.39 is 0 Å². The summed E-state index contributed by atoms with van der Waals surface area (Å²) in [5, 5.41) is 3.10. The second-order valence-electron chi connectivity index (χ2n) is 5.39. The molecule has 0 aliphatic heterocycles. The molecular formula is C13H24N2O. The van der Waals surface area contributed by atoms with Gasteiger partial charge in [0.2, 0.25) is 5.91 Å². The number of carbonyl (C=O) groups excluding carboxylic acids is 1. The van der Waals surface area contributed by atoms with Gasteiger partial charge in [0.15, 0.2) is 0 Å². The Morgan fingerprint density at radius 3 is 2.31 bits per heavy atom. The summed E-state index contributed by atoms with van der Waals surface area (Å²) in [6.07, 6.45) is 8.12. The number of unbranched alkanes of at least 4 members (excludes halogenated alkanes) is 1. The Morgan fingerprint density at radius 2 is 1.81 bits per heavy atom. The zero-order chi connectivity index (χ0) is 11.4. The van der Waals surface area contributed by atoms with Crippen LogP contribution >= 0.6 is 0 Å². The Kier molecular flexibility index (Phi) is 4.22. The van der Waals surface area contributed by atoms with Gasteiger partial charge in [-0.3, -0.25) is 4.79 Å². The molecule has 92 valence electrons. The third-order valence-electron chi connectivity index (χ3n) is 3.85. The first-order chi connectivity index (χ1) is 7.81. The third-order valence-corrected chi connectivity index (χ3v) is 3.85. The standard InChI is InChI=1S/C13H24N2O/c14-8-2-1-3-13(16)15-9-12(10-4-5-10)11-6-7-11/h10-12H,1-9,14H2,(H,15,16). The monoisotopic (exact) mass is 224 g/mol. The molecular weight excluding hydrogens is 200 g/mol. The van der Waals surface area contributed by atoms with Gasteiger partial charge < -0.3 is 11.1 Å². The average Bonchev–Trinajstić information content (AvgIpc) is 3.13. The van der Waals surface area contributed by atoms with Crippen molar-refractivity contribution in [3.05, 3.63) is 0 Å². The first-order valence-corrected chi connectivity index (χ1v) is 6.78. The van der Waals surface area contributed by atoms with E-state index >= 15 is 0 Å². The third kappa shape index (κ3) is 3.78. The van der Waals surface area contributed by atoms with E-state index in [0.29, 0.717) is 13.0 Å². The largest absolute Gasteiger partial charge is 0.356 e. The van der Waals surface area contributed by atoms with E-state index in [-0.39, 0.29) is 5.91 Å². The zero-order valence-electron chi connectivity index (χ0n) is 10.1. The summed E-state index contributed by atoms with van der Waals surface area (Å²) < 4.78 is 0. The van der Waals surface area contributed by atoms with E-state index in [1.807, 2.05) is 0 Å². The molecule has 2 aliphatic carbocycles.